The van der Waals surface area contributed by atoms with Gasteiger partial charge in [-0.1, -0.05) is 12.1 Å². The zero-order chi connectivity index (χ0) is 14.3. The van der Waals surface area contributed by atoms with Crippen LogP contribution in [-0.2, 0) is 6.42 Å². The molecular formula is C15H26IN3O. The van der Waals surface area contributed by atoms with Crippen LogP contribution >= 0.6 is 24.0 Å². The van der Waals surface area contributed by atoms with E-state index in [9.17, 15) is 0 Å². The highest BCUT2D eigenvalue weighted by Gasteiger charge is 2.03. The third-order valence-corrected chi connectivity index (χ3v) is 3.23. The first-order chi connectivity index (χ1) is 9.12. The number of aryl methyl sites for hydroxylation is 1. The van der Waals surface area contributed by atoms with Crippen LogP contribution in [0.25, 0.3) is 0 Å². The Morgan fingerprint density at radius 3 is 2.50 bits per heavy atom. The highest BCUT2D eigenvalue weighted by atomic mass is 127. The molecule has 0 aliphatic rings. The van der Waals surface area contributed by atoms with Crippen LogP contribution in [0.2, 0.25) is 0 Å². The molecule has 0 aromatic heterocycles. The molecule has 5 heteroatoms. The van der Waals surface area contributed by atoms with Gasteiger partial charge in [-0.3, -0.25) is 4.99 Å². The molecule has 1 aromatic rings. The standard InChI is InChI=1S/C15H25N3O.HI/c1-5-18(6-2)15(16)17-10-9-13-8-7-12(3)14(11-13)19-4;/h7-8,11H,5-6,9-10H2,1-4H3,(H2,16,17);1H. The van der Waals surface area contributed by atoms with Crippen LogP contribution in [0.15, 0.2) is 23.2 Å². The molecule has 1 aromatic carbocycles. The van der Waals surface area contributed by atoms with Gasteiger partial charge in [0.15, 0.2) is 5.96 Å². The van der Waals surface area contributed by atoms with Crippen molar-refractivity contribution in [2.45, 2.75) is 27.2 Å². The van der Waals surface area contributed by atoms with Crippen LogP contribution in [0.5, 0.6) is 5.75 Å². The fraction of sp³-hybridized carbons (Fsp3) is 0.533. The zero-order valence-electron chi connectivity index (χ0n) is 12.8. The molecule has 114 valence electrons. The van der Waals surface area contributed by atoms with Crippen molar-refractivity contribution in [2.75, 3.05) is 26.7 Å². The quantitative estimate of drug-likeness (QED) is 0.461. The zero-order valence-corrected chi connectivity index (χ0v) is 15.2. The van der Waals surface area contributed by atoms with Crippen molar-refractivity contribution in [3.05, 3.63) is 29.3 Å². The Hall–Kier alpha value is -0.980. The predicted molar refractivity (Wildman–Crippen MR) is 96.3 cm³/mol. The Balaban J connectivity index is 0.00000361. The first-order valence-corrected chi connectivity index (χ1v) is 6.80. The predicted octanol–water partition coefficient (Wildman–Crippen LogP) is 2.82. The molecule has 0 fully saturated rings. The summed E-state index contributed by atoms with van der Waals surface area (Å²) in [5.74, 6) is 1.56. The minimum Gasteiger partial charge on any atom is -0.496 e. The van der Waals surface area contributed by atoms with Crippen molar-refractivity contribution < 1.29 is 4.74 Å². The Morgan fingerprint density at radius 1 is 1.30 bits per heavy atom. The first kappa shape index (κ1) is 19.0. The normalized spacial score (nSPS) is 10.9. The second kappa shape index (κ2) is 9.85. The lowest BCUT2D eigenvalue weighted by Crippen LogP contribution is -2.37. The molecule has 0 heterocycles. The smallest absolute Gasteiger partial charge is 0.191 e. The summed E-state index contributed by atoms with van der Waals surface area (Å²) in [6, 6.07) is 6.26. The van der Waals surface area contributed by atoms with Crippen molar-refractivity contribution >= 4 is 29.9 Å². The monoisotopic (exact) mass is 391 g/mol. The second-order valence-electron chi connectivity index (χ2n) is 4.47. The Morgan fingerprint density at radius 2 is 1.95 bits per heavy atom. The number of nitrogens with two attached hydrogens (primary N) is 1. The second-order valence-corrected chi connectivity index (χ2v) is 4.47. The lowest BCUT2D eigenvalue weighted by molar-refractivity contribution is 0.411. The summed E-state index contributed by atoms with van der Waals surface area (Å²) in [7, 11) is 1.70. The van der Waals surface area contributed by atoms with Crippen molar-refractivity contribution in [1.29, 1.82) is 0 Å². The number of hydrogen-bond acceptors (Lipinski definition) is 2. The molecule has 20 heavy (non-hydrogen) atoms. The van der Waals surface area contributed by atoms with E-state index >= 15 is 0 Å². The fourth-order valence-electron chi connectivity index (χ4n) is 1.97. The Bertz CT molecular complexity index is 431. The van der Waals surface area contributed by atoms with E-state index in [1.165, 1.54) is 5.56 Å². The molecule has 0 bridgehead atoms. The Kier molecular flexibility index (Phi) is 9.37. The van der Waals surface area contributed by atoms with Gasteiger partial charge in [0.2, 0.25) is 0 Å². The first-order valence-electron chi connectivity index (χ1n) is 6.80. The van der Waals surface area contributed by atoms with Crippen LogP contribution in [0.4, 0.5) is 0 Å². The molecule has 2 N–H and O–H groups in total. The van der Waals surface area contributed by atoms with Crippen LogP contribution in [0.3, 0.4) is 0 Å². The van der Waals surface area contributed by atoms with Gasteiger partial charge >= 0.3 is 0 Å². The number of benzene rings is 1. The third kappa shape index (κ3) is 5.56. The maximum Gasteiger partial charge on any atom is 0.191 e. The van der Waals surface area contributed by atoms with Gasteiger partial charge in [-0.2, -0.15) is 0 Å². The molecule has 0 aliphatic carbocycles. The Labute approximate surface area is 139 Å². The van der Waals surface area contributed by atoms with Crippen molar-refractivity contribution in [2.24, 2.45) is 10.7 Å². The molecule has 0 spiro atoms. The molecular weight excluding hydrogens is 365 g/mol. The van der Waals surface area contributed by atoms with E-state index < -0.39 is 0 Å². The topological polar surface area (TPSA) is 50.8 Å². The van der Waals surface area contributed by atoms with Gasteiger partial charge in [0.05, 0.1) is 7.11 Å². The van der Waals surface area contributed by atoms with Gasteiger partial charge in [0.1, 0.15) is 5.75 Å². The summed E-state index contributed by atoms with van der Waals surface area (Å²) in [5.41, 5.74) is 8.31. The molecule has 0 aliphatic heterocycles. The van der Waals surface area contributed by atoms with Crippen molar-refractivity contribution in [3.63, 3.8) is 0 Å². The van der Waals surface area contributed by atoms with Crippen LogP contribution in [-0.4, -0.2) is 37.6 Å². The summed E-state index contributed by atoms with van der Waals surface area (Å²) in [4.78, 5) is 6.47. The van der Waals surface area contributed by atoms with Gasteiger partial charge in [-0.05, 0) is 44.4 Å². The van der Waals surface area contributed by atoms with Gasteiger partial charge in [-0.25, -0.2) is 0 Å². The minimum absolute atomic E-state index is 0. The summed E-state index contributed by atoms with van der Waals surface area (Å²) >= 11 is 0. The average Bonchev–Trinajstić information content (AvgIpc) is 2.42. The summed E-state index contributed by atoms with van der Waals surface area (Å²) in [6.45, 7) is 8.69. The van der Waals surface area contributed by atoms with Crippen LogP contribution < -0.4 is 10.5 Å². The van der Waals surface area contributed by atoms with E-state index in [2.05, 4.69) is 41.9 Å². The summed E-state index contributed by atoms with van der Waals surface area (Å²) in [6.07, 6.45) is 0.874. The highest BCUT2D eigenvalue weighted by Crippen LogP contribution is 2.19. The number of guanidine groups is 1. The number of nitrogens with zero attached hydrogens (tertiary/aromatic N) is 2. The van der Waals surface area contributed by atoms with Gasteiger partial charge in [0.25, 0.3) is 0 Å². The van der Waals surface area contributed by atoms with E-state index in [1.54, 1.807) is 7.11 Å². The number of hydrogen-bond donors (Lipinski definition) is 1. The third-order valence-electron chi connectivity index (χ3n) is 3.23. The van der Waals surface area contributed by atoms with Crippen LogP contribution in [0, 0.1) is 6.92 Å². The van der Waals surface area contributed by atoms with E-state index in [0.717, 1.165) is 30.8 Å². The lowest BCUT2D eigenvalue weighted by Gasteiger charge is -2.19. The largest absolute Gasteiger partial charge is 0.496 e. The molecule has 4 nitrogen and oxygen atoms in total. The molecule has 0 amide bonds. The van der Waals surface area contributed by atoms with Gasteiger partial charge in [0, 0.05) is 19.6 Å². The molecule has 0 atom stereocenters. The molecule has 0 unspecified atom stereocenters. The maximum absolute atomic E-state index is 5.93. The van der Waals surface area contributed by atoms with E-state index in [-0.39, 0.29) is 24.0 Å². The van der Waals surface area contributed by atoms with Crippen LogP contribution in [0.1, 0.15) is 25.0 Å². The number of ether oxygens (including phenoxy) is 1. The molecule has 0 saturated carbocycles. The highest BCUT2D eigenvalue weighted by molar-refractivity contribution is 14.0. The van der Waals surface area contributed by atoms with E-state index in [0.29, 0.717) is 12.5 Å². The fourth-order valence-corrected chi connectivity index (χ4v) is 1.97. The molecule has 0 saturated heterocycles. The number of rotatable bonds is 6. The average molecular weight is 391 g/mol. The van der Waals surface area contributed by atoms with Gasteiger partial charge in [-0.15, -0.1) is 24.0 Å². The number of methoxy groups -OCH3 is 1. The van der Waals surface area contributed by atoms with Crippen molar-refractivity contribution in [1.82, 2.24) is 4.90 Å². The molecule has 0 radical (unpaired) electrons. The minimum atomic E-state index is 0. The van der Waals surface area contributed by atoms with Crippen molar-refractivity contribution in [3.8, 4) is 5.75 Å². The maximum atomic E-state index is 5.93. The lowest BCUT2D eigenvalue weighted by atomic mass is 10.1. The van der Waals surface area contributed by atoms with Gasteiger partial charge < -0.3 is 15.4 Å². The number of aliphatic imine (C=N–C) groups is 1. The SMILES string of the molecule is CCN(CC)C(N)=NCCc1ccc(C)c(OC)c1.I. The van der Waals surface area contributed by atoms with E-state index in [4.69, 9.17) is 10.5 Å². The van der Waals surface area contributed by atoms with E-state index in [1.807, 2.05) is 6.92 Å². The number of halogens is 1. The summed E-state index contributed by atoms with van der Waals surface area (Å²) in [5, 5.41) is 0. The summed E-state index contributed by atoms with van der Waals surface area (Å²) < 4.78 is 5.32. The molecule has 1 rings (SSSR count).